The Bertz CT molecular complexity index is 841. The molecule has 11 heteroatoms. The number of ether oxygens (including phenoxy) is 3. The van der Waals surface area contributed by atoms with Gasteiger partial charge in [0.05, 0.1) is 19.5 Å². The van der Waals surface area contributed by atoms with Gasteiger partial charge in [-0.05, 0) is 12.8 Å². The van der Waals surface area contributed by atoms with Gasteiger partial charge in [-0.3, -0.25) is 4.79 Å². The van der Waals surface area contributed by atoms with Crippen molar-refractivity contribution in [3.05, 3.63) is 36.4 Å². The van der Waals surface area contributed by atoms with Crippen molar-refractivity contribution < 1.29 is 32.2 Å². The molecule has 1 aromatic heterocycles. The lowest BCUT2D eigenvalue weighted by Crippen LogP contribution is -2.22. The van der Waals surface area contributed by atoms with Crippen LogP contribution in [0, 0.1) is 0 Å². The van der Waals surface area contributed by atoms with E-state index in [1.807, 2.05) is 12.1 Å². The van der Waals surface area contributed by atoms with E-state index in [-0.39, 0.29) is 18.3 Å². The van der Waals surface area contributed by atoms with Crippen LogP contribution in [-0.4, -0.2) is 56.8 Å². The number of hydrogen-bond acceptors (Lipinski definition) is 7. The summed E-state index contributed by atoms with van der Waals surface area (Å²) in [5, 5.41) is 2.40. The molecule has 1 saturated heterocycles. The number of benzene rings is 1. The Kier molecular flexibility index (Phi) is 8.86. The summed E-state index contributed by atoms with van der Waals surface area (Å²) in [6, 6.07) is 5.39. The summed E-state index contributed by atoms with van der Waals surface area (Å²) in [7, 11) is 4.60. The van der Waals surface area contributed by atoms with Crippen molar-refractivity contribution in [1.82, 2.24) is 15.3 Å². The van der Waals surface area contributed by atoms with E-state index >= 15 is 0 Å². The van der Waals surface area contributed by atoms with Crippen molar-refractivity contribution in [3.8, 4) is 17.2 Å². The topological polar surface area (TPSA) is 85.8 Å². The number of carbonyl (C=O) groups is 1. The summed E-state index contributed by atoms with van der Waals surface area (Å²) in [4.78, 5) is 19.0. The van der Waals surface area contributed by atoms with E-state index in [2.05, 4.69) is 24.9 Å². The lowest BCUT2D eigenvalue weighted by Gasteiger charge is -2.19. The van der Waals surface area contributed by atoms with Crippen LogP contribution < -0.4 is 19.7 Å². The predicted octanol–water partition coefficient (Wildman–Crippen LogP) is 3.28. The molecular weight excluding hydrogens is 417 g/mol. The molecule has 1 fully saturated rings. The lowest BCUT2D eigenvalue weighted by atomic mass is 10.2. The lowest BCUT2D eigenvalue weighted by molar-refractivity contribution is -0.145. The molecule has 1 aliphatic rings. The predicted molar refractivity (Wildman–Crippen MR) is 107 cm³/mol. The zero-order valence-electron chi connectivity index (χ0n) is 17.5. The molecule has 1 aliphatic heterocycles. The molecule has 0 aliphatic carbocycles. The number of anilines is 1. The molecule has 1 N–H and O–H groups in total. The highest BCUT2D eigenvalue weighted by molar-refractivity contribution is 5.76. The molecule has 0 radical (unpaired) electrons. The van der Waals surface area contributed by atoms with Crippen molar-refractivity contribution >= 4 is 11.6 Å². The highest BCUT2D eigenvalue weighted by Gasteiger charge is 2.34. The standard InChI is InChI=1S/C16H16F3N3O2.C4H9NO2/c1-23-12-6-11(22-4-2-3-5-22)7-13(8-12)24-14-9-20-15(21-10-14)16(17,18)19;1-5-4(6)3-7-2/h6-10H,2-5H2,1H3;3H2,1-2H3,(H,5,6). The van der Waals surface area contributed by atoms with E-state index in [0.29, 0.717) is 11.5 Å². The Hall–Kier alpha value is -3.08. The Labute approximate surface area is 178 Å². The SMILES string of the molecule is CNC(=O)COC.COc1cc(Oc2cnc(C(F)(F)F)nc2)cc(N2CCCC2)c1. The Morgan fingerprint density at radius 2 is 1.68 bits per heavy atom. The number of methoxy groups -OCH3 is 2. The van der Waals surface area contributed by atoms with Crippen LogP contribution in [0.3, 0.4) is 0 Å². The first-order valence-corrected chi connectivity index (χ1v) is 9.47. The maximum absolute atomic E-state index is 12.5. The number of nitrogens with one attached hydrogen (secondary N) is 1. The number of amides is 1. The smallest absolute Gasteiger partial charge is 0.451 e. The average Bonchev–Trinajstić information content (AvgIpc) is 3.29. The number of halogens is 3. The van der Waals surface area contributed by atoms with Gasteiger partial charge in [-0.25, -0.2) is 9.97 Å². The molecule has 1 amide bonds. The minimum atomic E-state index is -4.57. The van der Waals surface area contributed by atoms with Gasteiger partial charge in [-0.2, -0.15) is 13.2 Å². The second kappa shape index (κ2) is 11.3. The molecule has 2 aromatic rings. The van der Waals surface area contributed by atoms with Crippen LogP contribution in [0.4, 0.5) is 18.9 Å². The number of alkyl halides is 3. The number of carbonyl (C=O) groups excluding carboxylic acids is 1. The molecule has 170 valence electrons. The second-order valence-corrected chi connectivity index (χ2v) is 6.51. The zero-order valence-corrected chi connectivity index (χ0v) is 17.5. The summed E-state index contributed by atoms with van der Waals surface area (Å²) in [6.45, 7) is 2.06. The van der Waals surface area contributed by atoms with E-state index in [4.69, 9.17) is 9.47 Å². The summed E-state index contributed by atoms with van der Waals surface area (Å²) in [5.74, 6) is -0.0915. The number of nitrogens with zero attached hydrogens (tertiary/aromatic N) is 3. The van der Waals surface area contributed by atoms with Gasteiger partial charge in [0.25, 0.3) is 0 Å². The summed E-state index contributed by atoms with van der Waals surface area (Å²) >= 11 is 0. The molecule has 0 spiro atoms. The molecule has 3 rings (SSSR count). The first-order chi connectivity index (χ1) is 14.8. The number of rotatable bonds is 6. The van der Waals surface area contributed by atoms with Crippen molar-refractivity contribution in [1.29, 1.82) is 0 Å². The summed E-state index contributed by atoms with van der Waals surface area (Å²) in [6.07, 6.45) is -0.312. The number of hydrogen-bond donors (Lipinski definition) is 1. The molecule has 2 heterocycles. The van der Waals surface area contributed by atoms with E-state index in [1.54, 1.807) is 20.2 Å². The van der Waals surface area contributed by atoms with E-state index in [0.717, 1.165) is 44.0 Å². The van der Waals surface area contributed by atoms with Gasteiger partial charge in [0.15, 0.2) is 5.75 Å². The largest absolute Gasteiger partial charge is 0.497 e. The quantitative estimate of drug-likeness (QED) is 0.735. The molecule has 0 atom stereocenters. The van der Waals surface area contributed by atoms with Crippen LogP contribution in [0.25, 0.3) is 0 Å². The highest BCUT2D eigenvalue weighted by Crippen LogP contribution is 2.33. The van der Waals surface area contributed by atoms with Crippen LogP contribution >= 0.6 is 0 Å². The molecular formula is C20H25F3N4O4. The third-order valence-corrected chi connectivity index (χ3v) is 4.24. The molecule has 8 nitrogen and oxygen atoms in total. The van der Waals surface area contributed by atoms with E-state index in [9.17, 15) is 18.0 Å². The van der Waals surface area contributed by atoms with E-state index < -0.39 is 12.0 Å². The molecule has 0 bridgehead atoms. The molecule has 0 unspecified atom stereocenters. The monoisotopic (exact) mass is 442 g/mol. The van der Waals surface area contributed by atoms with Gasteiger partial charge in [0.1, 0.15) is 18.1 Å². The first-order valence-electron chi connectivity index (χ1n) is 9.47. The Morgan fingerprint density at radius 3 is 2.16 bits per heavy atom. The third-order valence-electron chi connectivity index (χ3n) is 4.24. The molecule has 31 heavy (non-hydrogen) atoms. The van der Waals surface area contributed by atoms with E-state index in [1.165, 1.54) is 7.11 Å². The first kappa shape index (κ1) is 24.2. The van der Waals surface area contributed by atoms with Crippen molar-refractivity contribution in [2.45, 2.75) is 19.0 Å². The maximum atomic E-state index is 12.5. The normalized spacial score (nSPS) is 13.3. The van der Waals surface area contributed by atoms with Gasteiger partial charge in [-0.1, -0.05) is 0 Å². The van der Waals surface area contributed by atoms with Crippen LogP contribution in [0.5, 0.6) is 17.2 Å². The summed E-state index contributed by atoms with van der Waals surface area (Å²) < 4.78 is 52.8. The van der Waals surface area contributed by atoms with Crippen LogP contribution in [0.15, 0.2) is 30.6 Å². The van der Waals surface area contributed by atoms with Gasteiger partial charge in [0, 0.05) is 51.1 Å². The second-order valence-electron chi connectivity index (χ2n) is 6.51. The molecule has 0 saturated carbocycles. The van der Waals surface area contributed by atoms with Crippen molar-refractivity contribution in [2.75, 3.05) is 45.9 Å². The zero-order chi connectivity index (χ0) is 22.9. The van der Waals surface area contributed by atoms with Gasteiger partial charge in [0.2, 0.25) is 11.7 Å². The van der Waals surface area contributed by atoms with Gasteiger partial charge >= 0.3 is 6.18 Å². The Morgan fingerprint density at radius 1 is 1.06 bits per heavy atom. The summed E-state index contributed by atoms with van der Waals surface area (Å²) in [5.41, 5.74) is 0.953. The maximum Gasteiger partial charge on any atom is 0.451 e. The van der Waals surface area contributed by atoms with Crippen LogP contribution in [-0.2, 0) is 15.7 Å². The minimum Gasteiger partial charge on any atom is -0.497 e. The fourth-order valence-corrected chi connectivity index (χ4v) is 2.75. The van der Waals surface area contributed by atoms with Crippen LogP contribution in [0.1, 0.15) is 18.7 Å². The average molecular weight is 442 g/mol. The third kappa shape index (κ3) is 7.59. The number of aromatic nitrogens is 2. The molecule has 1 aromatic carbocycles. The van der Waals surface area contributed by atoms with Crippen molar-refractivity contribution in [3.63, 3.8) is 0 Å². The van der Waals surface area contributed by atoms with Crippen LogP contribution in [0.2, 0.25) is 0 Å². The van der Waals surface area contributed by atoms with Gasteiger partial charge in [-0.15, -0.1) is 0 Å². The fourth-order valence-electron chi connectivity index (χ4n) is 2.75. The highest BCUT2D eigenvalue weighted by atomic mass is 19.4. The fraction of sp³-hybridized carbons (Fsp3) is 0.450. The Balaban J connectivity index is 0.000000423. The number of likely N-dealkylation sites (N-methyl/N-ethyl adjacent to an activating group) is 1. The van der Waals surface area contributed by atoms with Crippen molar-refractivity contribution in [2.24, 2.45) is 0 Å². The van der Waals surface area contributed by atoms with Gasteiger partial charge < -0.3 is 24.4 Å². The minimum absolute atomic E-state index is 0.0949.